The molecule has 0 fully saturated rings. The van der Waals surface area contributed by atoms with Crippen molar-refractivity contribution in [1.29, 1.82) is 0 Å². The zero-order chi connectivity index (χ0) is 12.1. The molecule has 0 unspecified atom stereocenters. The van der Waals surface area contributed by atoms with Gasteiger partial charge in [-0.05, 0) is 36.8 Å². The zero-order valence-electron chi connectivity index (χ0n) is 9.87. The summed E-state index contributed by atoms with van der Waals surface area (Å²) in [6.07, 6.45) is 3.60. The van der Waals surface area contributed by atoms with Crippen molar-refractivity contribution in [3.63, 3.8) is 0 Å². The Morgan fingerprint density at radius 2 is 1.94 bits per heavy atom. The molecule has 4 nitrogen and oxygen atoms in total. The lowest BCUT2D eigenvalue weighted by Gasteiger charge is -2.22. The molecule has 88 valence electrons. The second kappa shape index (κ2) is 5.30. The lowest BCUT2D eigenvalue weighted by molar-refractivity contribution is 0.813. The molecule has 2 rings (SSSR count). The predicted molar refractivity (Wildman–Crippen MR) is 69.6 cm³/mol. The zero-order valence-corrected chi connectivity index (χ0v) is 9.87. The van der Waals surface area contributed by atoms with Crippen LogP contribution in [0.15, 0.2) is 42.7 Å². The topological polar surface area (TPSA) is 55.0 Å². The van der Waals surface area contributed by atoms with Gasteiger partial charge >= 0.3 is 0 Å². The third kappa shape index (κ3) is 2.93. The summed E-state index contributed by atoms with van der Waals surface area (Å²) in [5.41, 5.74) is 6.91. The summed E-state index contributed by atoms with van der Waals surface area (Å²) in [7, 11) is 0. The fraction of sp³-hybridized carbons (Fsp3) is 0.231. The maximum absolute atomic E-state index is 5.70. The smallest absolute Gasteiger partial charge is 0.131 e. The van der Waals surface area contributed by atoms with Gasteiger partial charge in [0.1, 0.15) is 11.6 Å². The van der Waals surface area contributed by atoms with E-state index in [9.17, 15) is 0 Å². The molecule has 2 aromatic rings. The molecule has 0 bridgehead atoms. The van der Waals surface area contributed by atoms with Gasteiger partial charge in [-0.15, -0.1) is 0 Å². The molecule has 4 heteroatoms. The van der Waals surface area contributed by atoms with Gasteiger partial charge in [-0.2, -0.15) is 0 Å². The van der Waals surface area contributed by atoms with Crippen LogP contribution in [0.3, 0.4) is 0 Å². The standard InChI is InChI=1S/C13H16N4/c1-2-17(10-11-6-8-15-9-7-11)13-5-3-4-12(14)16-13/h3-9H,2,10H2,1H3,(H2,14,16). The second-order valence-electron chi connectivity index (χ2n) is 3.79. The van der Waals surface area contributed by atoms with Crippen molar-refractivity contribution in [2.45, 2.75) is 13.5 Å². The highest BCUT2D eigenvalue weighted by atomic mass is 15.2. The average Bonchev–Trinajstić information content (AvgIpc) is 2.37. The van der Waals surface area contributed by atoms with E-state index in [2.05, 4.69) is 21.8 Å². The highest BCUT2D eigenvalue weighted by Crippen LogP contribution is 2.15. The molecular formula is C13H16N4. The molecule has 2 aromatic heterocycles. The number of nitrogens with two attached hydrogens (primary N) is 1. The second-order valence-corrected chi connectivity index (χ2v) is 3.79. The SMILES string of the molecule is CCN(Cc1ccncc1)c1cccc(N)n1. The number of pyridine rings is 2. The number of nitrogens with zero attached hydrogens (tertiary/aromatic N) is 3. The van der Waals surface area contributed by atoms with E-state index in [1.54, 1.807) is 18.5 Å². The van der Waals surface area contributed by atoms with Crippen molar-refractivity contribution >= 4 is 11.6 Å². The molecule has 0 spiro atoms. The molecule has 0 atom stereocenters. The number of anilines is 2. The maximum atomic E-state index is 5.70. The molecular weight excluding hydrogens is 212 g/mol. The van der Waals surface area contributed by atoms with E-state index >= 15 is 0 Å². The first kappa shape index (κ1) is 11.4. The van der Waals surface area contributed by atoms with Gasteiger partial charge in [0.15, 0.2) is 0 Å². The van der Waals surface area contributed by atoms with E-state index in [1.165, 1.54) is 5.56 Å². The molecule has 0 amide bonds. The summed E-state index contributed by atoms with van der Waals surface area (Å²) in [4.78, 5) is 10.5. The summed E-state index contributed by atoms with van der Waals surface area (Å²) in [5, 5.41) is 0. The lowest BCUT2D eigenvalue weighted by Crippen LogP contribution is -2.23. The number of hydrogen-bond donors (Lipinski definition) is 1. The number of nitrogen functional groups attached to an aromatic ring is 1. The van der Waals surface area contributed by atoms with Crippen LogP contribution in [0.1, 0.15) is 12.5 Å². The Balaban J connectivity index is 2.17. The van der Waals surface area contributed by atoms with Crippen LogP contribution >= 0.6 is 0 Å². The minimum absolute atomic E-state index is 0.552. The van der Waals surface area contributed by atoms with Crippen LogP contribution in [0.25, 0.3) is 0 Å². The van der Waals surface area contributed by atoms with Gasteiger partial charge in [0.05, 0.1) is 0 Å². The molecule has 0 saturated heterocycles. The Kier molecular flexibility index (Phi) is 3.55. The Morgan fingerprint density at radius 1 is 1.18 bits per heavy atom. The molecule has 0 aromatic carbocycles. The van der Waals surface area contributed by atoms with E-state index in [-0.39, 0.29) is 0 Å². The van der Waals surface area contributed by atoms with Gasteiger partial charge < -0.3 is 10.6 Å². The van der Waals surface area contributed by atoms with E-state index in [4.69, 9.17) is 5.73 Å². The third-order valence-electron chi connectivity index (χ3n) is 2.58. The molecule has 0 aliphatic carbocycles. The van der Waals surface area contributed by atoms with E-state index in [0.29, 0.717) is 5.82 Å². The highest BCUT2D eigenvalue weighted by molar-refractivity contribution is 5.45. The summed E-state index contributed by atoms with van der Waals surface area (Å²) in [6, 6.07) is 9.71. The Labute approximate surface area is 101 Å². The van der Waals surface area contributed by atoms with Crippen molar-refractivity contribution in [2.24, 2.45) is 0 Å². The first-order valence-electron chi connectivity index (χ1n) is 5.66. The third-order valence-corrected chi connectivity index (χ3v) is 2.58. The van der Waals surface area contributed by atoms with E-state index in [1.807, 2.05) is 24.3 Å². The molecule has 0 aliphatic heterocycles. The minimum atomic E-state index is 0.552. The van der Waals surface area contributed by atoms with Crippen LogP contribution < -0.4 is 10.6 Å². The van der Waals surface area contributed by atoms with Crippen molar-refractivity contribution in [3.05, 3.63) is 48.3 Å². The summed E-state index contributed by atoms with van der Waals surface area (Å²) >= 11 is 0. The average molecular weight is 228 g/mol. The van der Waals surface area contributed by atoms with Gasteiger partial charge in [-0.25, -0.2) is 4.98 Å². The van der Waals surface area contributed by atoms with Crippen LogP contribution in [0, 0.1) is 0 Å². The molecule has 2 N–H and O–H groups in total. The Bertz CT molecular complexity index is 470. The first-order valence-corrected chi connectivity index (χ1v) is 5.66. The monoisotopic (exact) mass is 228 g/mol. The highest BCUT2D eigenvalue weighted by Gasteiger charge is 2.06. The minimum Gasteiger partial charge on any atom is -0.384 e. The Morgan fingerprint density at radius 3 is 2.59 bits per heavy atom. The maximum Gasteiger partial charge on any atom is 0.131 e. The van der Waals surface area contributed by atoms with Crippen molar-refractivity contribution in [2.75, 3.05) is 17.2 Å². The first-order chi connectivity index (χ1) is 8.29. The molecule has 17 heavy (non-hydrogen) atoms. The summed E-state index contributed by atoms with van der Waals surface area (Å²) in [6.45, 7) is 3.81. The number of aromatic nitrogens is 2. The lowest BCUT2D eigenvalue weighted by atomic mass is 10.2. The van der Waals surface area contributed by atoms with Crippen molar-refractivity contribution in [3.8, 4) is 0 Å². The molecule has 0 aliphatic rings. The van der Waals surface area contributed by atoms with Gasteiger partial charge in [0.25, 0.3) is 0 Å². The summed E-state index contributed by atoms with van der Waals surface area (Å²) < 4.78 is 0. The van der Waals surface area contributed by atoms with Crippen LogP contribution in [0.5, 0.6) is 0 Å². The van der Waals surface area contributed by atoms with Crippen LogP contribution in [0.4, 0.5) is 11.6 Å². The van der Waals surface area contributed by atoms with Gasteiger partial charge in [-0.1, -0.05) is 6.07 Å². The fourth-order valence-corrected chi connectivity index (χ4v) is 1.68. The molecule has 2 heterocycles. The van der Waals surface area contributed by atoms with Gasteiger partial charge in [0.2, 0.25) is 0 Å². The number of hydrogen-bond acceptors (Lipinski definition) is 4. The van der Waals surface area contributed by atoms with Crippen LogP contribution in [-0.2, 0) is 6.54 Å². The van der Waals surface area contributed by atoms with Crippen molar-refractivity contribution < 1.29 is 0 Å². The van der Waals surface area contributed by atoms with Gasteiger partial charge in [-0.3, -0.25) is 4.98 Å². The van der Waals surface area contributed by atoms with Crippen molar-refractivity contribution in [1.82, 2.24) is 9.97 Å². The quantitative estimate of drug-likeness (QED) is 0.870. The molecule has 0 saturated carbocycles. The van der Waals surface area contributed by atoms with Crippen LogP contribution in [-0.4, -0.2) is 16.5 Å². The summed E-state index contributed by atoms with van der Waals surface area (Å²) in [5.74, 6) is 1.46. The number of rotatable bonds is 4. The van der Waals surface area contributed by atoms with E-state index in [0.717, 1.165) is 18.9 Å². The largest absolute Gasteiger partial charge is 0.384 e. The predicted octanol–water partition coefficient (Wildman–Crippen LogP) is 2.09. The normalized spacial score (nSPS) is 10.2. The fourth-order valence-electron chi connectivity index (χ4n) is 1.68. The Hall–Kier alpha value is -2.10. The van der Waals surface area contributed by atoms with Gasteiger partial charge in [0, 0.05) is 25.5 Å². The van der Waals surface area contributed by atoms with Crippen LogP contribution in [0.2, 0.25) is 0 Å². The van der Waals surface area contributed by atoms with E-state index < -0.39 is 0 Å². The molecule has 0 radical (unpaired) electrons.